The first-order valence-electron chi connectivity index (χ1n) is 12.3. The van der Waals surface area contributed by atoms with E-state index < -0.39 is 10.0 Å². The first-order valence-corrected chi connectivity index (χ1v) is 13.7. The second kappa shape index (κ2) is 11.2. The highest BCUT2D eigenvalue weighted by Gasteiger charge is 2.31. The van der Waals surface area contributed by atoms with Gasteiger partial charge in [0.05, 0.1) is 18.1 Å². The summed E-state index contributed by atoms with van der Waals surface area (Å²) in [4.78, 5) is 31.9. The van der Waals surface area contributed by atoms with Gasteiger partial charge in [0, 0.05) is 64.7 Å². The number of nitrogens with zero attached hydrogens (tertiary/aromatic N) is 4. The number of carbonyl (C=O) groups excluding carboxylic acids is 2. The number of likely N-dealkylation sites (tertiary alicyclic amines) is 1. The molecule has 4 rings (SSSR count). The topological polar surface area (TPSA) is 90.5 Å². The Labute approximate surface area is 202 Å². The highest BCUT2D eigenvalue weighted by molar-refractivity contribution is 7.89. The van der Waals surface area contributed by atoms with E-state index in [9.17, 15) is 18.0 Å². The number of ether oxygens (including phenoxy) is 1. The molecule has 0 aliphatic carbocycles. The van der Waals surface area contributed by atoms with Crippen molar-refractivity contribution >= 4 is 21.8 Å². The van der Waals surface area contributed by atoms with Crippen LogP contribution in [-0.4, -0.2) is 112 Å². The van der Waals surface area contributed by atoms with E-state index in [4.69, 9.17) is 4.74 Å². The number of hydrogen-bond donors (Lipinski definition) is 0. The minimum absolute atomic E-state index is 0.0217. The molecule has 0 unspecified atom stereocenters. The summed E-state index contributed by atoms with van der Waals surface area (Å²) in [6.45, 7) is 6.25. The van der Waals surface area contributed by atoms with E-state index in [2.05, 4.69) is 11.9 Å². The molecule has 1 aromatic carbocycles. The van der Waals surface area contributed by atoms with Crippen molar-refractivity contribution in [1.29, 1.82) is 0 Å². The molecule has 0 N–H and O–H groups in total. The Morgan fingerprint density at radius 3 is 2.12 bits per heavy atom. The third-order valence-electron chi connectivity index (χ3n) is 7.17. The smallest absolute Gasteiger partial charge is 0.243 e. The maximum Gasteiger partial charge on any atom is 0.243 e. The minimum atomic E-state index is -3.51. The van der Waals surface area contributed by atoms with E-state index in [1.807, 2.05) is 9.80 Å². The molecule has 9 nitrogen and oxygen atoms in total. The summed E-state index contributed by atoms with van der Waals surface area (Å²) in [5.74, 6) is 0.358. The van der Waals surface area contributed by atoms with Gasteiger partial charge in [-0.1, -0.05) is 12.1 Å². The van der Waals surface area contributed by atoms with Gasteiger partial charge in [-0.15, -0.1) is 0 Å². The fourth-order valence-corrected chi connectivity index (χ4v) is 6.24. The molecule has 3 heterocycles. The first-order chi connectivity index (χ1) is 16.3. The van der Waals surface area contributed by atoms with Gasteiger partial charge in [0.25, 0.3) is 0 Å². The maximum absolute atomic E-state index is 12.8. The van der Waals surface area contributed by atoms with E-state index >= 15 is 0 Å². The normalized spacial score (nSPS) is 21.6. The van der Waals surface area contributed by atoms with Crippen LogP contribution in [0.5, 0.6) is 0 Å². The van der Waals surface area contributed by atoms with Gasteiger partial charge in [0.15, 0.2) is 0 Å². The Morgan fingerprint density at radius 1 is 0.882 bits per heavy atom. The molecule has 10 heteroatoms. The summed E-state index contributed by atoms with van der Waals surface area (Å²) in [6, 6.07) is 6.84. The van der Waals surface area contributed by atoms with Crippen molar-refractivity contribution in [3.63, 3.8) is 0 Å². The number of sulfonamides is 1. The predicted molar refractivity (Wildman–Crippen MR) is 128 cm³/mol. The lowest BCUT2D eigenvalue weighted by Crippen LogP contribution is -2.51. The monoisotopic (exact) mass is 492 g/mol. The standard InChI is InChI=1S/C24H36N4O5S/c1-25-12-14-27(15-13-25)24(30)21-8-10-26(11-9-21)23(29)7-4-20-2-5-22(6-3-20)34(31,32)28-16-18-33-19-17-28/h2-3,5-6,21H,4,7-19H2,1H3. The molecule has 34 heavy (non-hydrogen) atoms. The number of piperazine rings is 1. The molecule has 0 saturated carbocycles. The maximum atomic E-state index is 12.8. The van der Waals surface area contributed by atoms with Crippen LogP contribution in [0.2, 0.25) is 0 Å². The van der Waals surface area contributed by atoms with Crippen LogP contribution in [-0.2, 0) is 30.8 Å². The fraction of sp³-hybridized carbons (Fsp3) is 0.667. The molecule has 1 aromatic rings. The van der Waals surface area contributed by atoms with E-state index in [1.54, 1.807) is 24.3 Å². The minimum Gasteiger partial charge on any atom is -0.379 e. The van der Waals surface area contributed by atoms with Crippen molar-refractivity contribution in [3.8, 4) is 0 Å². The molecule has 0 radical (unpaired) electrons. The Hall–Kier alpha value is -2.01. The fourth-order valence-electron chi connectivity index (χ4n) is 4.83. The third kappa shape index (κ3) is 5.97. The number of likely N-dealkylation sites (N-methyl/N-ethyl adjacent to an activating group) is 1. The van der Waals surface area contributed by atoms with Crippen molar-refractivity contribution in [2.75, 3.05) is 72.6 Å². The number of benzene rings is 1. The third-order valence-corrected chi connectivity index (χ3v) is 9.08. The van der Waals surface area contributed by atoms with Gasteiger partial charge in [0.2, 0.25) is 21.8 Å². The molecule has 3 aliphatic rings. The van der Waals surface area contributed by atoms with Gasteiger partial charge in [-0.05, 0) is 44.0 Å². The summed E-state index contributed by atoms with van der Waals surface area (Å²) in [6.07, 6.45) is 2.40. The number of amides is 2. The van der Waals surface area contributed by atoms with Crippen LogP contribution in [0.1, 0.15) is 24.8 Å². The van der Waals surface area contributed by atoms with Crippen LogP contribution in [0.25, 0.3) is 0 Å². The van der Waals surface area contributed by atoms with Gasteiger partial charge in [-0.3, -0.25) is 9.59 Å². The summed E-state index contributed by atoms with van der Waals surface area (Å²) in [7, 11) is -1.43. The van der Waals surface area contributed by atoms with E-state index in [0.717, 1.165) is 44.6 Å². The number of hydrogen-bond acceptors (Lipinski definition) is 6. The summed E-state index contributed by atoms with van der Waals surface area (Å²) < 4.78 is 32.2. The number of aryl methyl sites for hydroxylation is 1. The molecule has 0 bridgehead atoms. The average Bonchev–Trinajstić information content (AvgIpc) is 2.88. The van der Waals surface area contributed by atoms with Crippen LogP contribution in [0, 0.1) is 5.92 Å². The van der Waals surface area contributed by atoms with Crippen LogP contribution in [0.3, 0.4) is 0 Å². The Balaban J connectivity index is 1.22. The molecular formula is C24H36N4O5S. The number of carbonyl (C=O) groups is 2. The predicted octanol–water partition coefficient (Wildman–Crippen LogP) is 0.653. The van der Waals surface area contributed by atoms with Crippen molar-refractivity contribution in [3.05, 3.63) is 29.8 Å². The summed E-state index contributed by atoms with van der Waals surface area (Å²) in [5.41, 5.74) is 0.939. The average molecular weight is 493 g/mol. The molecule has 2 amide bonds. The highest BCUT2D eigenvalue weighted by Crippen LogP contribution is 2.22. The molecule has 3 saturated heterocycles. The second-order valence-electron chi connectivity index (χ2n) is 9.44. The van der Waals surface area contributed by atoms with Crippen molar-refractivity contribution in [2.24, 2.45) is 5.92 Å². The second-order valence-corrected chi connectivity index (χ2v) is 11.4. The molecule has 188 valence electrons. The molecule has 0 aromatic heterocycles. The number of rotatable bonds is 6. The van der Waals surface area contributed by atoms with E-state index in [1.165, 1.54) is 4.31 Å². The van der Waals surface area contributed by atoms with Gasteiger partial charge in [-0.2, -0.15) is 4.31 Å². The first kappa shape index (κ1) is 25.1. The lowest BCUT2D eigenvalue weighted by molar-refractivity contribution is -0.141. The SMILES string of the molecule is CN1CCN(C(=O)C2CCN(C(=O)CCc3ccc(S(=O)(=O)N4CCOCC4)cc3)CC2)CC1. The Morgan fingerprint density at radius 2 is 1.50 bits per heavy atom. The van der Waals surface area contributed by atoms with Gasteiger partial charge < -0.3 is 19.4 Å². The van der Waals surface area contributed by atoms with E-state index in [0.29, 0.717) is 52.2 Å². The highest BCUT2D eigenvalue weighted by atomic mass is 32.2. The van der Waals surface area contributed by atoms with Crippen molar-refractivity contribution < 1.29 is 22.7 Å². The zero-order valence-electron chi connectivity index (χ0n) is 20.0. The van der Waals surface area contributed by atoms with E-state index in [-0.39, 0.29) is 22.6 Å². The van der Waals surface area contributed by atoms with Crippen LogP contribution >= 0.6 is 0 Å². The zero-order chi connectivity index (χ0) is 24.1. The molecule has 3 fully saturated rings. The quantitative estimate of drug-likeness (QED) is 0.579. The van der Waals surface area contributed by atoms with Crippen LogP contribution < -0.4 is 0 Å². The lowest BCUT2D eigenvalue weighted by Gasteiger charge is -2.37. The largest absolute Gasteiger partial charge is 0.379 e. The number of piperidine rings is 1. The van der Waals surface area contributed by atoms with Crippen molar-refractivity contribution in [1.82, 2.24) is 19.0 Å². The Bertz CT molecular complexity index is 946. The van der Waals surface area contributed by atoms with Crippen molar-refractivity contribution in [2.45, 2.75) is 30.6 Å². The molecule has 3 aliphatic heterocycles. The van der Waals surface area contributed by atoms with Crippen LogP contribution in [0.4, 0.5) is 0 Å². The van der Waals surface area contributed by atoms with Gasteiger partial charge in [-0.25, -0.2) is 8.42 Å². The summed E-state index contributed by atoms with van der Waals surface area (Å²) >= 11 is 0. The van der Waals surface area contributed by atoms with Crippen LogP contribution in [0.15, 0.2) is 29.2 Å². The molecule has 0 atom stereocenters. The van der Waals surface area contributed by atoms with Gasteiger partial charge >= 0.3 is 0 Å². The number of morpholine rings is 1. The lowest BCUT2D eigenvalue weighted by atomic mass is 9.94. The Kier molecular flexibility index (Phi) is 8.23. The van der Waals surface area contributed by atoms with Gasteiger partial charge in [0.1, 0.15) is 0 Å². The zero-order valence-corrected chi connectivity index (χ0v) is 20.8. The molecular weight excluding hydrogens is 456 g/mol. The summed E-state index contributed by atoms with van der Waals surface area (Å²) in [5, 5.41) is 0. The molecule has 0 spiro atoms.